The summed E-state index contributed by atoms with van der Waals surface area (Å²) in [6, 6.07) is 21.8. The van der Waals surface area contributed by atoms with Gasteiger partial charge in [-0.2, -0.15) is 13.2 Å². The summed E-state index contributed by atoms with van der Waals surface area (Å²) in [6.07, 6.45) is -3.67. The number of ether oxygens (including phenoxy) is 1. The van der Waals surface area contributed by atoms with Crippen LogP contribution in [0.3, 0.4) is 0 Å². The lowest BCUT2D eigenvalue weighted by molar-refractivity contribution is -0.140. The molecule has 0 amide bonds. The van der Waals surface area contributed by atoms with Crippen LogP contribution >= 0.6 is 0 Å². The zero-order chi connectivity index (χ0) is 30.1. The minimum Gasteiger partial charge on any atom is -0.493 e. The van der Waals surface area contributed by atoms with Gasteiger partial charge in [-0.1, -0.05) is 67.6 Å². The van der Waals surface area contributed by atoms with Gasteiger partial charge in [0, 0.05) is 36.5 Å². The number of rotatable bonds is 13. The van der Waals surface area contributed by atoms with Crippen molar-refractivity contribution in [1.29, 1.82) is 0 Å². The molecule has 0 spiro atoms. The number of aromatic nitrogens is 1. The molecule has 0 radical (unpaired) electrons. The summed E-state index contributed by atoms with van der Waals surface area (Å²) in [5.74, 6) is -0.562. The predicted octanol–water partition coefficient (Wildman–Crippen LogP) is 6.44. The molecule has 2 N–H and O–H groups in total. The van der Waals surface area contributed by atoms with E-state index in [0.29, 0.717) is 42.7 Å². The molecule has 0 unspecified atom stereocenters. The maximum atomic E-state index is 13.7. The van der Waals surface area contributed by atoms with E-state index in [1.165, 1.54) is 24.3 Å². The Labute approximate surface area is 240 Å². The van der Waals surface area contributed by atoms with Crippen molar-refractivity contribution in [3.8, 4) is 17.2 Å². The number of carbonyl (C=O) groups is 2. The first-order chi connectivity index (χ1) is 20.1. The van der Waals surface area contributed by atoms with Gasteiger partial charge in [0.15, 0.2) is 5.78 Å². The molecule has 1 atom stereocenters. The van der Waals surface area contributed by atoms with Crippen LogP contribution in [-0.2, 0) is 24.1 Å². The molecule has 4 aromatic rings. The molecule has 0 fully saturated rings. The molecule has 218 valence electrons. The minimum atomic E-state index is -4.96. The van der Waals surface area contributed by atoms with E-state index in [4.69, 9.17) is 9.15 Å². The lowest BCUT2D eigenvalue weighted by atomic mass is 10.0. The fourth-order valence-electron chi connectivity index (χ4n) is 4.19. The quantitative estimate of drug-likeness (QED) is 0.139. The van der Waals surface area contributed by atoms with E-state index in [1.54, 1.807) is 30.3 Å². The Morgan fingerprint density at radius 3 is 2.24 bits per heavy atom. The van der Waals surface area contributed by atoms with Gasteiger partial charge in [0.1, 0.15) is 23.2 Å². The van der Waals surface area contributed by atoms with Gasteiger partial charge in [0.05, 0.1) is 12.3 Å². The van der Waals surface area contributed by atoms with E-state index >= 15 is 0 Å². The standard InChI is InChI=1S/C32H29F3N2O5/c1-2-28-25(37-30(42-28)23-11-7-4-8-12-23)17-18-41-24-15-13-21(14-16-24)19-26(31(39)40)36-29(32(33,34)35)20-27(38)22-9-5-3-6-10-22/h3-16,20,26,36H,2,17-19H2,1H3,(H,39,40)/b29-20+/t26-/m0/s1. The zero-order valence-electron chi connectivity index (χ0n) is 22.7. The molecular formula is C32H29F3N2O5. The Morgan fingerprint density at radius 2 is 1.64 bits per heavy atom. The van der Waals surface area contributed by atoms with Crippen LogP contribution in [0, 0.1) is 0 Å². The van der Waals surface area contributed by atoms with Gasteiger partial charge in [-0.05, 0) is 29.8 Å². The van der Waals surface area contributed by atoms with Crippen molar-refractivity contribution < 1.29 is 37.0 Å². The topological polar surface area (TPSA) is 102 Å². The molecule has 4 rings (SSSR count). The van der Waals surface area contributed by atoms with E-state index < -0.39 is 29.7 Å². The van der Waals surface area contributed by atoms with E-state index in [1.807, 2.05) is 42.6 Å². The van der Waals surface area contributed by atoms with E-state index in [0.717, 1.165) is 17.0 Å². The Hall–Kier alpha value is -4.86. The van der Waals surface area contributed by atoms with E-state index in [9.17, 15) is 27.9 Å². The summed E-state index contributed by atoms with van der Waals surface area (Å²) in [4.78, 5) is 28.8. The molecule has 7 nitrogen and oxygen atoms in total. The summed E-state index contributed by atoms with van der Waals surface area (Å²) in [5, 5.41) is 11.6. The van der Waals surface area contributed by atoms with Gasteiger partial charge in [-0.15, -0.1) is 0 Å². The molecule has 0 aliphatic rings. The smallest absolute Gasteiger partial charge is 0.431 e. The van der Waals surface area contributed by atoms with Gasteiger partial charge in [-0.3, -0.25) is 4.79 Å². The van der Waals surface area contributed by atoms with Crippen LogP contribution in [0.4, 0.5) is 13.2 Å². The molecule has 0 bridgehead atoms. The molecule has 0 aliphatic heterocycles. The number of carboxylic acids is 1. The highest BCUT2D eigenvalue weighted by Gasteiger charge is 2.37. The van der Waals surface area contributed by atoms with Gasteiger partial charge < -0.3 is 19.6 Å². The average molecular weight is 579 g/mol. The zero-order valence-corrected chi connectivity index (χ0v) is 22.7. The summed E-state index contributed by atoms with van der Waals surface area (Å²) in [7, 11) is 0. The number of benzene rings is 3. The fourth-order valence-corrected chi connectivity index (χ4v) is 4.19. The first-order valence-electron chi connectivity index (χ1n) is 13.3. The monoisotopic (exact) mass is 578 g/mol. The maximum Gasteiger partial charge on any atom is 0.431 e. The second kappa shape index (κ2) is 13.7. The molecule has 0 aliphatic carbocycles. The lowest BCUT2D eigenvalue weighted by Gasteiger charge is -2.20. The minimum absolute atomic E-state index is 0.0506. The van der Waals surface area contributed by atoms with Crippen molar-refractivity contribution >= 4 is 11.8 Å². The summed E-state index contributed by atoms with van der Waals surface area (Å²) < 4.78 is 52.8. The van der Waals surface area contributed by atoms with Crippen LogP contribution in [0.2, 0.25) is 0 Å². The maximum absolute atomic E-state index is 13.7. The third-order valence-corrected chi connectivity index (χ3v) is 6.36. The van der Waals surface area contributed by atoms with Crippen molar-refractivity contribution in [3.05, 3.63) is 119 Å². The van der Waals surface area contributed by atoms with Crippen molar-refractivity contribution in [2.75, 3.05) is 6.61 Å². The van der Waals surface area contributed by atoms with E-state index in [2.05, 4.69) is 4.98 Å². The van der Waals surface area contributed by atoms with Gasteiger partial charge in [0.2, 0.25) is 5.89 Å². The van der Waals surface area contributed by atoms with Crippen LogP contribution in [0.5, 0.6) is 5.75 Å². The van der Waals surface area contributed by atoms with Crippen molar-refractivity contribution in [2.24, 2.45) is 0 Å². The molecule has 10 heteroatoms. The number of nitrogens with one attached hydrogen (secondary N) is 1. The Bertz CT molecular complexity index is 1520. The highest BCUT2D eigenvalue weighted by atomic mass is 19.4. The van der Waals surface area contributed by atoms with Crippen molar-refractivity contribution in [2.45, 2.75) is 38.4 Å². The molecule has 0 saturated carbocycles. The third kappa shape index (κ3) is 8.09. The number of carboxylic acid groups (broad SMARTS) is 1. The van der Waals surface area contributed by atoms with Crippen LogP contribution in [0.1, 0.15) is 34.3 Å². The van der Waals surface area contributed by atoms with Gasteiger partial charge in [0.25, 0.3) is 0 Å². The third-order valence-electron chi connectivity index (χ3n) is 6.36. The Morgan fingerprint density at radius 1 is 1.00 bits per heavy atom. The van der Waals surface area contributed by atoms with E-state index in [-0.39, 0.29) is 12.0 Å². The van der Waals surface area contributed by atoms with Crippen molar-refractivity contribution in [1.82, 2.24) is 10.3 Å². The van der Waals surface area contributed by atoms with Crippen LogP contribution in [0.25, 0.3) is 11.5 Å². The second-order valence-electron chi connectivity index (χ2n) is 9.38. The number of aliphatic carboxylic acids is 1. The number of halogens is 3. The number of hydrogen-bond acceptors (Lipinski definition) is 6. The molecule has 1 heterocycles. The van der Waals surface area contributed by atoms with Crippen molar-refractivity contribution in [3.63, 3.8) is 0 Å². The summed E-state index contributed by atoms with van der Waals surface area (Å²) in [5.41, 5.74) is 0.760. The number of allylic oxidation sites excluding steroid dienone is 2. The molecule has 42 heavy (non-hydrogen) atoms. The van der Waals surface area contributed by atoms with Crippen LogP contribution < -0.4 is 10.1 Å². The molecule has 1 aromatic heterocycles. The number of ketones is 1. The highest BCUT2D eigenvalue weighted by molar-refractivity contribution is 6.05. The number of alkyl halides is 3. The number of carbonyl (C=O) groups excluding carboxylic acids is 1. The largest absolute Gasteiger partial charge is 0.493 e. The number of hydrogen-bond donors (Lipinski definition) is 2. The van der Waals surface area contributed by atoms with Gasteiger partial charge >= 0.3 is 12.1 Å². The average Bonchev–Trinajstić information content (AvgIpc) is 3.40. The number of aryl methyl sites for hydroxylation is 1. The Balaban J connectivity index is 1.38. The fraction of sp³-hybridized carbons (Fsp3) is 0.219. The highest BCUT2D eigenvalue weighted by Crippen LogP contribution is 2.26. The summed E-state index contributed by atoms with van der Waals surface area (Å²) >= 11 is 0. The second-order valence-corrected chi connectivity index (χ2v) is 9.38. The molecular weight excluding hydrogens is 549 g/mol. The van der Waals surface area contributed by atoms with Crippen LogP contribution in [-0.4, -0.2) is 40.7 Å². The normalized spacial score (nSPS) is 12.5. The van der Waals surface area contributed by atoms with Gasteiger partial charge in [-0.25, -0.2) is 9.78 Å². The lowest BCUT2D eigenvalue weighted by Crippen LogP contribution is -2.42. The molecule has 0 saturated heterocycles. The van der Waals surface area contributed by atoms with Crippen LogP contribution in [0.15, 0.2) is 101 Å². The number of oxazole rings is 1. The summed E-state index contributed by atoms with van der Waals surface area (Å²) in [6.45, 7) is 2.29. The molecule has 3 aromatic carbocycles. The predicted molar refractivity (Wildman–Crippen MR) is 150 cm³/mol. The first kappa shape index (κ1) is 30.1. The first-order valence-corrected chi connectivity index (χ1v) is 13.3. The number of nitrogens with zero attached hydrogens (tertiary/aromatic N) is 1. The SMILES string of the molecule is CCc1oc(-c2ccccc2)nc1CCOc1ccc(C[C@H](N/C(=C/C(=O)c2ccccc2)C(F)(F)F)C(=O)O)cc1. The Kier molecular flexibility index (Phi) is 9.80.